The van der Waals surface area contributed by atoms with Crippen LogP contribution in [0.15, 0.2) is 72.8 Å². The fourth-order valence-electron chi connectivity index (χ4n) is 3.82. The zero-order chi connectivity index (χ0) is 21.2. The number of hydrogen-bond acceptors (Lipinski definition) is 5. The lowest BCUT2D eigenvalue weighted by atomic mass is 9.92. The Hall–Kier alpha value is -3.22. The number of nitrogens with zero attached hydrogens (tertiary/aromatic N) is 1. The molecule has 0 spiro atoms. The van der Waals surface area contributed by atoms with Gasteiger partial charge in [-0.05, 0) is 41.8 Å². The molecule has 3 aromatic carbocycles. The number of nitrogens with one attached hydrogen (secondary N) is 2. The number of hydrogen-bond donors (Lipinski definition) is 3. The molecule has 1 saturated heterocycles. The Kier molecular flexibility index (Phi) is 5.40. The lowest BCUT2D eigenvalue weighted by Gasteiger charge is -2.27. The lowest BCUT2D eigenvalue weighted by Crippen LogP contribution is -2.50. The number of amidine groups is 1. The molecule has 4 N–H and O–H groups in total. The molecule has 2 heterocycles. The van der Waals surface area contributed by atoms with Crippen molar-refractivity contribution >= 4 is 27.4 Å². The van der Waals surface area contributed by atoms with Gasteiger partial charge in [0.25, 0.3) is 0 Å². The van der Waals surface area contributed by atoms with Gasteiger partial charge in [0.1, 0.15) is 22.7 Å². The first-order valence-electron chi connectivity index (χ1n) is 10.4. The molecule has 0 amide bonds. The molecule has 1 unspecified atom stereocenters. The van der Waals surface area contributed by atoms with Crippen molar-refractivity contribution in [1.29, 1.82) is 5.41 Å². The maximum Gasteiger partial charge on any atom is 0.123 e. The summed E-state index contributed by atoms with van der Waals surface area (Å²) in [6.07, 6.45) is 1.05. The smallest absolute Gasteiger partial charge is 0.123 e. The third kappa shape index (κ3) is 4.31. The number of thiazole rings is 1. The van der Waals surface area contributed by atoms with Crippen LogP contribution in [0.1, 0.15) is 27.6 Å². The topological polar surface area (TPSA) is 84.0 Å². The Labute approximate surface area is 185 Å². The lowest BCUT2D eigenvalue weighted by molar-refractivity contribution is 0.142. The van der Waals surface area contributed by atoms with Gasteiger partial charge in [0.2, 0.25) is 0 Å². The number of aromatic nitrogens is 1. The summed E-state index contributed by atoms with van der Waals surface area (Å²) in [5.41, 5.74) is 9.82. The fourth-order valence-corrected chi connectivity index (χ4v) is 4.94. The zero-order valence-electron chi connectivity index (χ0n) is 17.0. The van der Waals surface area contributed by atoms with Gasteiger partial charge >= 0.3 is 0 Å². The van der Waals surface area contributed by atoms with E-state index in [4.69, 9.17) is 20.9 Å². The average molecular weight is 429 g/mol. The van der Waals surface area contributed by atoms with Crippen LogP contribution >= 0.6 is 11.3 Å². The van der Waals surface area contributed by atoms with E-state index in [9.17, 15) is 0 Å². The van der Waals surface area contributed by atoms with Gasteiger partial charge < -0.3 is 15.8 Å². The first kappa shape index (κ1) is 19.7. The van der Waals surface area contributed by atoms with Crippen molar-refractivity contribution in [2.75, 3.05) is 13.1 Å². The second-order valence-corrected chi connectivity index (χ2v) is 8.92. The SMILES string of the molecule is N=C(N)c1cccc(CC(c2ccccc2)c2nc3ccc(OC4CNC4)cc3s2)c1. The third-order valence-corrected chi connectivity index (χ3v) is 6.73. The van der Waals surface area contributed by atoms with Gasteiger partial charge in [-0.1, -0.05) is 48.5 Å². The van der Waals surface area contributed by atoms with Crippen molar-refractivity contribution in [3.63, 3.8) is 0 Å². The summed E-state index contributed by atoms with van der Waals surface area (Å²) in [5.74, 6) is 1.12. The predicted molar refractivity (Wildman–Crippen MR) is 126 cm³/mol. The molecule has 0 bridgehead atoms. The second-order valence-electron chi connectivity index (χ2n) is 7.86. The average Bonchev–Trinajstić information content (AvgIpc) is 3.18. The summed E-state index contributed by atoms with van der Waals surface area (Å²) in [4.78, 5) is 4.98. The van der Waals surface area contributed by atoms with Crippen LogP contribution in [0.5, 0.6) is 5.75 Å². The Balaban J connectivity index is 1.49. The number of ether oxygens (including phenoxy) is 1. The number of benzene rings is 3. The molecule has 156 valence electrons. The van der Waals surface area contributed by atoms with Crippen LogP contribution < -0.4 is 15.8 Å². The Bertz CT molecular complexity index is 1220. The van der Waals surface area contributed by atoms with Crippen LogP contribution in [-0.4, -0.2) is 30.0 Å². The van der Waals surface area contributed by atoms with E-state index in [1.54, 1.807) is 11.3 Å². The molecule has 0 saturated carbocycles. The Morgan fingerprint density at radius 3 is 2.68 bits per heavy atom. The van der Waals surface area contributed by atoms with Crippen molar-refractivity contribution in [2.45, 2.75) is 18.4 Å². The predicted octanol–water partition coefficient (Wildman–Crippen LogP) is 4.31. The number of fused-ring (bicyclic) bond motifs is 1. The molecule has 1 aliphatic heterocycles. The molecule has 1 fully saturated rings. The van der Waals surface area contributed by atoms with Crippen molar-refractivity contribution in [1.82, 2.24) is 10.3 Å². The number of rotatable bonds is 7. The minimum atomic E-state index is 0.0901. The van der Waals surface area contributed by atoms with Crippen molar-refractivity contribution in [3.05, 3.63) is 94.5 Å². The molecule has 1 atom stereocenters. The maximum absolute atomic E-state index is 7.75. The standard InChI is InChI=1S/C25H24N4OS/c26-24(27)18-8-4-5-16(11-18)12-21(17-6-2-1-3-7-17)25-29-22-10-9-19(13-23(22)31-25)30-20-14-28-15-20/h1-11,13,20-21,28H,12,14-15H2,(H3,26,27). The largest absolute Gasteiger partial charge is 0.488 e. The second kappa shape index (κ2) is 8.49. The highest BCUT2D eigenvalue weighted by Crippen LogP contribution is 2.36. The minimum absolute atomic E-state index is 0.0901. The van der Waals surface area contributed by atoms with Gasteiger partial charge in [-0.25, -0.2) is 4.98 Å². The highest BCUT2D eigenvalue weighted by Gasteiger charge is 2.21. The van der Waals surface area contributed by atoms with E-state index in [0.29, 0.717) is 0 Å². The first-order chi connectivity index (χ1) is 15.2. The highest BCUT2D eigenvalue weighted by molar-refractivity contribution is 7.18. The normalized spacial score (nSPS) is 14.8. The Morgan fingerprint density at radius 1 is 1.10 bits per heavy atom. The van der Waals surface area contributed by atoms with Gasteiger partial charge in [-0.3, -0.25) is 5.41 Å². The molecule has 5 nitrogen and oxygen atoms in total. The summed E-state index contributed by atoms with van der Waals surface area (Å²) >= 11 is 1.72. The Morgan fingerprint density at radius 2 is 1.94 bits per heavy atom. The van der Waals surface area contributed by atoms with E-state index in [-0.39, 0.29) is 17.9 Å². The van der Waals surface area contributed by atoms with E-state index in [1.165, 1.54) is 5.56 Å². The fraction of sp³-hybridized carbons (Fsp3) is 0.200. The van der Waals surface area contributed by atoms with Gasteiger partial charge in [-0.2, -0.15) is 0 Å². The summed E-state index contributed by atoms with van der Waals surface area (Å²) < 4.78 is 7.17. The maximum atomic E-state index is 7.75. The van der Waals surface area contributed by atoms with Gasteiger partial charge in [0.05, 0.1) is 10.2 Å². The number of nitrogens with two attached hydrogens (primary N) is 1. The highest BCUT2D eigenvalue weighted by atomic mass is 32.1. The molecular formula is C25H24N4OS. The van der Waals surface area contributed by atoms with Crippen LogP contribution in [0.4, 0.5) is 0 Å². The first-order valence-corrected chi connectivity index (χ1v) is 11.2. The molecule has 6 heteroatoms. The molecule has 31 heavy (non-hydrogen) atoms. The van der Waals surface area contributed by atoms with E-state index < -0.39 is 0 Å². The quantitative estimate of drug-likeness (QED) is 0.303. The van der Waals surface area contributed by atoms with E-state index >= 15 is 0 Å². The monoisotopic (exact) mass is 428 g/mol. The third-order valence-electron chi connectivity index (χ3n) is 5.60. The van der Waals surface area contributed by atoms with E-state index in [0.717, 1.165) is 51.6 Å². The summed E-state index contributed by atoms with van der Waals surface area (Å²) in [6, 6.07) is 24.6. The molecule has 0 aliphatic carbocycles. The molecule has 5 rings (SSSR count). The van der Waals surface area contributed by atoms with E-state index in [2.05, 4.69) is 47.8 Å². The van der Waals surface area contributed by atoms with Gasteiger partial charge in [-0.15, -0.1) is 11.3 Å². The molecule has 1 aromatic heterocycles. The summed E-state index contributed by atoms with van der Waals surface area (Å²) in [6.45, 7) is 1.81. The summed E-state index contributed by atoms with van der Waals surface area (Å²) in [5, 5.41) is 12.1. The van der Waals surface area contributed by atoms with Crippen molar-refractivity contribution < 1.29 is 4.74 Å². The minimum Gasteiger partial charge on any atom is -0.488 e. The molecular weight excluding hydrogens is 404 g/mol. The van der Waals surface area contributed by atoms with Crippen LogP contribution in [0.25, 0.3) is 10.2 Å². The van der Waals surface area contributed by atoms with Crippen LogP contribution in [-0.2, 0) is 6.42 Å². The van der Waals surface area contributed by atoms with E-state index in [1.807, 2.05) is 30.3 Å². The van der Waals surface area contributed by atoms with Gasteiger partial charge in [0.15, 0.2) is 0 Å². The van der Waals surface area contributed by atoms with Crippen molar-refractivity contribution in [2.24, 2.45) is 5.73 Å². The zero-order valence-corrected chi connectivity index (χ0v) is 17.9. The van der Waals surface area contributed by atoms with Crippen LogP contribution in [0.3, 0.4) is 0 Å². The van der Waals surface area contributed by atoms with Crippen LogP contribution in [0, 0.1) is 5.41 Å². The molecule has 1 aliphatic rings. The van der Waals surface area contributed by atoms with Crippen LogP contribution in [0.2, 0.25) is 0 Å². The molecule has 0 radical (unpaired) electrons. The van der Waals surface area contributed by atoms with Crippen molar-refractivity contribution in [3.8, 4) is 5.75 Å². The molecule has 4 aromatic rings. The van der Waals surface area contributed by atoms with Gasteiger partial charge in [0, 0.05) is 24.6 Å². The summed E-state index contributed by atoms with van der Waals surface area (Å²) in [7, 11) is 0. The number of nitrogen functional groups attached to an aromatic ring is 1.